The highest BCUT2D eigenvalue weighted by Crippen LogP contribution is 2.33. The van der Waals surface area contributed by atoms with Crippen LogP contribution in [0.4, 0.5) is 0 Å². The van der Waals surface area contributed by atoms with E-state index in [4.69, 9.17) is 0 Å². The molecule has 2 aromatic carbocycles. The van der Waals surface area contributed by atoms with Gasteiger partial charge >= 0.3 is 0 Å². The first-order valence-electron chi connectivity index (χ1n) is 10.0. The summed E-state index contributed by atoms with van der Waals surface area (Å²) in [6, 6.07) is 16.8. The van der Waals surface area contributed by atoms with Gasteiger partial charge in [0.2, 0.25) is 0 Å². The van der Waals surface area contributed by atoms with Gasteiger partial charge in [0, 0.05) is 24.7 Å². The van der Waals surface area contributed by atoms with Crippen molar-refractivity contribution >= 4 is 23.5 Å². The molecular formula is C23H24N4O2S. The third-order valence-electron chi connectivity index (χ3n) is 5.48. The van der Waals surface area contributed by atoms with Gasteiger partial charge in [0.25, 0.3) is 5.91 Å². The number of likely N-dealkylation sites (tertiary alicyclic amines) is 1. The van der Waals surface area contributed by atoms with E-state index in [1.54, 1.807) is 0 Å². The van der Waals surface area contributed by atoms with Gasteiger partial charge in [-0.1, -0.05) is 60.3 Å². The van der Waals surface area contributed by atoms with Crippen molar-refractivity contribution in [1.29, 1.82) is 0 Å². The number of hydrogen-bond acceptors (Lipinski definition) is 5. The topological polar surface area (TPSA) is 68.1 Å². The smallest absolute Gasteiger partial charge is 0.254 e. The maximum atomic E-state index is 13.2. The Hall–Kier alpha value is -2.93. The molecule has 7 heteroatoms. The molecule has 1 amide bonds. The molecule has 1 unspecified atom stereocenters. The van der Waals surface area contributed by atoms with Gasteiger partial charge in [-0.3, -0.25) is 9.59 Å². The van der Waals surface area contributed by atoms with Crippen molar-refractivity contribution < 1.29 is 9.59 Å². The lowest BCUT2D eigenvalue weighted by molar-refractivity contribution is 0.0726. The van der Waals surface area contributed by atoms with Crippen molar-refractivity contribution in [2.75, 3.05) is 12.3 Å². The Morgan fingerprint density at radius 2 is 1.80 bits per heavy atom. The maximum absolute atomic E-state index is 13.2. The molecule has 1 saturated heterocycles. The van der Waals surface area contributed by atoms with Gasteiger partial charge in [-0.15, -0.1) is 10.2 Å². The zero-order valence-electron chi connectivity index (χ0n) is 17.1. The van der Waals surface area contributed by atoms with Crippen LogP contribution < -0.4 is 0 Å². The molecular weight excluding hydrogens is 396 g/mol. The Morgan fingerprint density at radius 3 is 2.57 bits per heavy atom. The van der Waals surface area contributed by atoms with Crippen LogP contribution in [0.3, 0.4) is 0 Å². The molecule has 1 aliphatic rings. The van der Waals surface area contributed by atoms with Crippen LogP contribution in [-0.4, -0.2) is 43.7 Å². The van der Waals surface area contributed by atoms with Gasteiger partial charge in [-0.25, -0.2) is 0 Å². The first-order valence-corrected chi connectivity index (χ1v) is 11.0. The molecule has 1 aliphatic heterocycles. The first kappa shape index (κ1) is 20.3. The zero-order valence-corrected chi connectivity index (χ0v) is 17.9. The molecule has 3 aromatic rings. The lowest BCUT2D eigenvalue weighted by Crippen LogP contribution is -2.32. The fraction of sp³-hybridized carbons (Fsp3) is 0.304. The maximum Gasteiger partial charge on any atom is 0.254 e. The standard InChI is InChI=1S/C23H24N4O2S/c1-16-9-6-7-12-18(16)22(29)27-14-8-13-19(27)21-24-25-23(26(21)2)30-15-20(28)17-10-4-3-5-11-17/h3-7,9-12,19H,8,13-15H2,1-2H3. The fourth-order valence-electron chi connectivity index (χ4n) is 3.83. The minimum Gasteiger partial charge on any atom is -0.328 e. The van der Waals surface area contributed by atoms with Gasteiger partial charge in [0.1, 0.15) is 0 Å². The highest BCUT2D eigenvalue weighted by atomic mass is 32.2. The lowest BCUT2D eigenvalue weighted by atomic mass is 10.1. The number of thioether (sulfide) groups is 1. The predicted molar refractivity (Wildman–Crippen MR) is 117 cm³/mol. The number of ketones is 1. The molecule has 4 rings (SSSR count). The quantitative estimate of drug-likeness (QED) is 0.444. The monoisotopic (exact) mass is 420 g/mol. The van der Waals surface area contributed by atoms with E-state index in [1.807, 2.05) is 78.0 Å². The van der Waals surface area contributed by atoms with Crippen LogP contribution in [0.1, 0.15) is 51.0 Å². The molecule has 1 aromatic heterocycles. The third kappa shape index (κ3) is 4.03. The highest BCUT2D eigenvalue weighted by Gasteiger charge is 2.34. The normalized spacial score (nSPS) is 16.1. The first-order chi connectivity index (χ1) is 14.6. The molecule has 1 atom stereocenters. The zero-order chi connectivity index (χ0) is 21.1. The van der Waals surface area contributed by atoms with Gasteiger partial charge < -0.3 is 9.47 Å². The third-order valence-corrected chi connectivity index (χ3v) is 6.50. The van der Waals surface area contributed by atoms with E-state index in [9.17, 15) is 9.59 Å². The Labute approximate surface area is 180 Å². The minimum atomic E-state index is -0.103. The summed E-state index contributed by atoms with van der Waals surface area (Å²) < 4.78 is 1.91. The van der Waals surface area contributed by atoms with Crippen molar-refractivity contribution in [3.05, 3.63) is 77.1 Å². The van der Waals surface area contributed by atoms with Crippen LogP contribution in [0.15, 0.2) is 59.8 Å². The number of hydrogen-bond donors (Lipinski definition) is 0. The SMILES string of the molecule is Cc1ccccc1C(=O)N1CCCC1c1nnc(SCC(=O)c2ccccc2)n1C. The molecule has 2 heterocycles. The van der Waals surface area contributed by atoms with Gasteiger partial charge in [-0.2, -0.15) is 0 Å². The van der Waals surface area contributed by atoms with E-state index in [0.717, 1.165) is 29.8 Å². The van der Waals surface area contributed by atoms with Crippen LogP contribution in [0.5, 0.6) is 0 Å². The number of rotatable bonds is 6. The average Bonchev–Trinajstić information content (AvgIpc) is 3.39. The molecule has 0 spiro atoms. The van der Waals surface area contributed by atoms with E-state index in [2.05, 4.69) is 10.2 Å². The molecule has 1 fully saturated rings. The van der Waals surface area contributed by atoms with Crippen molar-refractivity contribution in [1.82, 2.24) is 19.7 Å². The van der Waals surface area contributed by atoms with Gasteiger partial charge in [-0.05, 0) is 31.4 Å². The number of carbonyl (C=O) groups is 2. The Morgan fingerprint density at radius 1 is 1.07 bits per heavy atom. The largest absolute Gasteiger partial charge is 0.328 e. The van der Waals surface area contributed by atoms with Crippen LogP contribution in [0.25, 0.3) is 0 Å². The summed E-state index contributed by atoms with van der Waals surface area (Å²) >= 11 is 1.37. The molecule has 0 aliphatic carbocycles. The number of amides is 1. The molecule has 30 heavy (non-hydrogen) atoms. The summed E-state index contributed by atoms with van der Waals surface area (Å²) in [5.74, 6) is 1.16. The van der Waals surface area contributed by atoms with Crippen molar-refractivity contribution in [3.63, 3.8) is 0 Å². The van der Waals surface area contributed by atoms with Gasteiger partial charge in [0.15, 0.2) is 16.8 Å². The predicted octanol–water partition coefficient (Wildman–Crippen LogP) is 4.08. The van der Waals surface area contributed by atoms with E-state index < -0.39 is 0 Å². The minimum absolute atomic E-state index is 0.0343. The number of carbonyl (C=O) groups excluding carboxylic acids is 2. The second-order valence-electron chi connectivity index (χ2n) is 7.45. The molecule has 6 nitrogen and oxygen atoms in total. The second-order valence-corrected chi connectivity index (χ2v) is 8.39. The summed E-state index contributed by atoms with van der Waals surface area (Å²) in [5.41, 5.74) is 2.40. The van der Waals surface area contributed by atoms with E-state index in [1.165, 1.54) is 11.8 Å². The van der Waals surface area contributed by atoms with Crippen molar-refractivity contribution in [3.8, 4) is 0 Å². The lowest BCUT2D eigenvalue weighted by Gasteiger charge is -2.24. The number of benzene rings is 2. The Kier molecular flexibility index (Phi) is 5.99. The van der Waals surface area contributed by atoms with E-state index >= 15 is 0 Å². The summed E-state index contributed by atoms with van der Waals surface area (Å²) in [5, 5.41) is 9.36. The van der Waals surface area contributed by atoms with Crippen LogP contribution in [0, 0.1) is 6.92 Å². The van der Waals surface area contributed by atoms with Crippen molar-refractivity contribution in [2.45, 2.75) is 31.0 Å². The Bertz CT molecular complexity index is 1060. The molecule has 0 N–H and O–H groups in total. The molecule has 154 valence electrons. The molecule has 0 saturated carbocycles. The number of Topliss-reactive ketones (excluding diaryl/α,β-unsaturated/α-hetero) is 1. The summed E-state index contributed by atoms with van der Waals surface area (Å²) in [6.45, 7) is 2.67. The number of nitrogens with zero attached hydrogens (tertiary/aromatic N) is 4. The summed E-state index contributed by atoms with van der Waals surface area (Å²) in [4.78, 5) is 27.5. The van der Waals surface area contributed by atoms with E-state index in [-0.39, 0.29) is 17.7 Å². The second kappa shape index (κ2) is 8.83. The summed E-state index contributed by atoms with van der Waals surface area (Å²) in [6.07, 6.45) is 1.79. The van der Waals surface area contributed by atoms with Crippen LogP contribution in [0.2, 0.25) is 0 Å². The highest BCUT2D eigenvalue weighted by molar-refractivity contribution is 7.99. The van der Waals surface area contributed by atoms with Gasteiger partial charge in [0.05, 0.1) is 11.8 Å². The van der Waals surface area contributed by atoms with Crippen molar-refractivity contribution in [2.24, 2.45) is 7.05 Å². The van der Waals surface area contributed by atoms with Crippen LogP contribution >= 0.6 is 11.8 Å². The number of aromatic nitrogens is 3. The molecule has 0 bridgehead atoms. The Balaban J connectivity index is 1.49. The molecule has 0 radical (unpaired) electrons. The fourth-order valence-corrected chi connectivity index (χ4v) is 4.64. The van der Waals surface area contributed by atoms with E-state index in [0.29, 0.717) is 23.0 Å². The average molecular weight is 421 g/mol. The summed E-state index contributed by atoms with van der Waals surface area (Å²) in [7, 11) is 1.90. The number of aryl methyl sites for hydroxylation is 1. The van der Waals surface area contributed by atoms with Crippen LogP contribution in [-0.2, 0) is 7.05 Å².